The SMILES string of the molecule is CC(Nc1nc2ccc(F)cc2[nH]1)c1ccc(C#N)cc1. The van der Waals surface area contributed by atoms with Crippen LogP contribution in [0.25, 0.3) is 11.0 Å². The fourth-order valence-electron chi connectivity index (χ4n) is 2.18. The van der Waals surface area contributed by atoms with E-state index in [4.69, 9.17) is 5.26 Å². The van der Waals surface area contributed by atoms with Crippen molar-refractivity contribution in [2.45, 2.75) is 13.0 Å². The predicted octanol–water partition coefficient (Wildman–Crippen LogP) is 3.75. The summed E-state index contributed by atoms with van der Waals surface area (Å²) >= 11 is 0. The van der Waals surface area contributed by atoms with Crippen LogP contribution < -0.4 is 5.32 Å². The molecule has 0 saturated carbocycles. The minimum Gasteiger partial charge on any atom is -0.349 e. The average molecular weight is 280 g/mol. The van der Waals surface area contributed by atoms with E-state index < -0.39 is 0 Å². The van der Waals surface area contributed by atoms with E-state index in [2.05, 4.69) is 21.4 Å². The number of hydrogen-bond donors (Lipinski definition) is 2. The lowest BCUT2D eigenvalue weighted by atomic mass is 10.1. The van der Waals surface area contributed by atoms with E-state index in [1.807, 2.05) is 19.1 Å². The van der Waals surface area contributed by atoms with Gasteiger partial charge in [0.2, 0.25) is 5.95 Å². The van der Waals surface area contributed by atoms with Crippen molar-refractivity contribution in [1.29, 1.82) is 5.26 Å². The first-order valence-electron chi connectivity index (χ1n) is 6.57. The molecule has 1 aromatic heterocycles. The second kappa shape index (κ2) is 5.25. The standard InChI is InChI=1S/C16H13FN4/c1-10(12-4-2-11(9-18)3-5-12)19-16-20-14-7-6-13(17)8-15(14)21-16/h2-8,10H,1H3,(H2,19,20,21). The first-order chi connectivity index (χ1) is 10.2. The molecule has 2 aromatic carbocycles. The average Bonchev–Trinajstić information content (AvgIpc) is 2.88. The monoisotopic (exact) mass is 280 g/mol. The van der Waals surface area contributed by atoms with Crippen LogP contribution in [-0.4, -0.2) is 9.97 Å². The number of nitriles is 1. The summed E-state index contributed by atoms with van der Waals surface area (Å²) in [7, 11) is 0. The topological polar surface area (TPSA) is 64.5 Å². The summed E-state index contributed by atoms with van der Waals surface area (Å²) in [4.78, 5) is 7.41. The van der Waals surface area contributed by atoms with Crippen LogP contribution in [0, 0.1) is 17.1 Å². The molecule has 0 amide bonds. The minimum absolute atomic E-state index is 0.0168. The molecule has 3 rings (SSSR count). The van der Waals surface area contributed by atoms with E-state index in [0.717, 1.165) is 5.56 Å². The Morgan fingerprint density at radius 2 is 2.00 bits per heavy atom. The van der Waals surface area contributed by atoms with E-state index in [1.54, 1.807) is 18.2 Å². The molecule has 4 nitrogen and oxygen atoms in total. The van der Waals surface area contributed by atoms with Crippen molar-refractivity contribution in [2.75, 3.05) is 5.32 Å². The van der Waals surface area contributed by atoms with Gasteiger partial charge >= 0.3 is 0 Å². The third-order valence-corrected chi connectivity index (χ3v) is 3.34. The van der Waals surface area contributed by atoms with Crippen molar-refractivity contribution < 1.29 is 4.39 Å². The Balaban J connectivity index is 1.81. The summed E-state index contributed by atoms with van der Waals surface area (Å²) in [5.74, 6) is 0.297. The van der Waals surface area contributed by atoms with E-state index in [9.17, 15) is 4.39 Å². The van der Waals surface area contributed by atoms with Gasteiger partial charge in [0.15, 0.2) is 0 Å². The number of nitrogens with one attached hydrogen (secondary N) is 2. The Bertz CT molecular complexity index is 814. The highest BCUT2D eigenvalue weighted by molar-refractivity contribution is 5.77. The van der Waals surface area contributed by atoms with Crippen molar-refractivity contribution in [1.82, 2.24) is 9.97 Å². The van der Waals surface area contributed by atoms with Crippen LogP contribution in [-0.2, 0) is 0 Å². The number of benzene rings is 2. The number of halogens is 1. The third kappa shape index (κ3) is 2.70. The highest BCUT2D eigenvalue weighted by atomic mass is 19.1. The van der Waals surface area contributed by atoms with Gasteiger partial charge in [-0.2, -0.15) is 5.26 Å². The Morgan fingerprint density at radius 1 is 1.24 bits per heavy atom. The third-order valence-electron chi connectivity index (χ3n) is 3.34. The number of H-pyrrole nitrogens is 1. The molecular weight excluding hydrogens is 267 g/mol. The van der Waals surface area contributed by atoms with Gasteiger partial charge in [-0.15, -0.1) is 0 Å². The number of imidazole rings is 1. The first-order valence-corrected chi connectivity index (χ1v) is 6.57. The lowest BCUT2D eigenvalue weighted by Gasteiger charge is -2.13. The molecule has 0 aliphatic carbocycles. The van der Waals surface area contributed by atoms with Crippen molar-refractivity contribution in [2.24, 2.45) is 0 Å². The molecular formula is C16H13FN4. The molecule has 1 heterocycles. The molecule has 0 fully saturated rings. The number of aromatic nitrogens is 2. The zero-order chi connectivity index (χ0) is 14.8. The quantitative estimate of drug-likeness (QED) is 0.768. The fourth-order valence-corrected chi connectivity index (χ4v) is 2.18. The van der Waals surface area contributed by atoms with Gasteiger partial charge in [-0.05, 0) is 42.8 Å². The van der Waals surface area contributed by atoms with E-state index in [1.165, 1.54) is 12.1 Å². The van der Waals surface area contributed by atoms with Crippen LogP contribution in [0.3, 0.4) is 0 Å². The van der Waals surface area contributed by atoms with Crippen molar-refractivity contribution >= 4 is 17.0 Å². The molecule has 2 N–H and O–H groups in total. The van der Waals surface area contributed by atoms with Gasteiger partial charge < -0.3 is 10.3 Å². The number of hydrogen-bond acceptors (Lipinski definition) is 3. The molecule has 0 bridgehead atoms. The second-order valence-corrected chi connectivity index (χ2v) is 4.85. The summed E-state index contributed by atoms with van der Waals surface area (Å²) in [6.45, 7) is 2.00. The number of fused-ring (bicyclic) bond motifs is 1. The fraction of sp³-hybridized carbons (Fsp3) is 0.125. The van der Waals surface area contributed by atoms with Gasteiger partial charge in [0.05, 0.1) is 28.7 Å². The highest BCUT2D eigenvalue weighted by Crippen LogP contribution is 2.20. The van der Waals surface area contributed by atoms with Crippen molar-refractivity contribution in [3.05, 3.63) is 59.4 Å². The van der Waals surface area contributed by atoms with Crippen molar-refractivity contribution in [3.8, 4) is 6.07 Å². The van der Waals surface area contributed by atoms with Crippen LogP contribution in [0.2, 0.25) is 0 Å². The Hall–Kier alpha value is -2.87. The Morgan fingerprint density at radius 3 is 2.71 bits per heavy atom. The summed E-state index contributed by atoms with van der Waals surface area (Å²) in [6.07, 6.45) is 0. The minimum atomic E-state index is -0.294. The zero-order valence-corrected chi connectivity index (χ0v) is 11.4. The van der Waals surface area contributed by atoms with Gasteiger partial charge in [0, 0.05) is 0 Å². The second-order valence-electron chi connectivity index (χ2n) is 4.85. The molecule has 104 valence electrons. The molecule has 0 saturated heterocycles. The number of aromatic amines is 1. The molecule has 0 spiro atoms. The van der Waals surface area contributed by atoms with E-state index in [-0.39, 0.29) is 11.9 Å². The Labute approximate surface area is 121 Å². The van der Waals surface area contributed by atoms with Crippen LogP contribution >= 0.6 is 0 Å². The molecule has 5 heteroatoms. The van der Waals surface area contributed by atoms with Gasteiger partial charge in [-0.1, -0.05) is 12.1 Å². The molecule has 0 aliphatic rings. The first kappa shape index (κ1) is 13.1. The van der Waals surface area contributed by atoms with Crippen LogP contribution in [0.5, 0.6) is 0 Å². The lowest BCUT2D eigenvalue weighted by Crippen LogP contribution is -2.07. The normalized spacial score (nSPS) is 12.0. The van der Waals surface area contributed by atoms with Gasteiger partial charge in [0.1, 0.15) is 5.82 Å². The maximum Gasteiger partial charge on any atom is 0.201 e. The van der Waals surface area contributed by atoms with Gasteiger partial charge in [0.25, 0.3) is 0 Å². The van der Waals surface area contributed by atoms with Crippen LogP contribution in [0.15, 0.2) is 42.5 Å². The van der Waals surface area contributed by atoms with Gasteiger partial charge in [-0.25, -0.2) is 9.37 Å². The number of nitrogens with zero attached hydrogens (tertiary/aromatic N) is 2. The van der Waals surface area contributed by atoms with Crippen LogP contribution in [0.4, 0.5) is 10.3 Å². The zero-order valence-electron chi connectivity index (χ0n) is 11.4. The molecule has 1 unspecified atom stereocenters. The maximum atomic E-state index is 13.2. The molecule has 21 heavy (non-hydrogen) atoms. The summed E-state index contributed by atoms with van der Waals surface area (Å²) in [5.41, 5.74) is 3.04. The molecule has 0 radical (unpaired) electrons. The number of rotatable bonds is 3. The summed E-state index contributed by atoms with van der Waals surface area (Å²) in [6, 6.07) is 13.9. The Kier molecular flexibility index (Phi) is 3.28. The molecule has 0 aliphatic heterocycles. The van der Waals surface area contributed by atoms with Crippen LogP contribution in [0.1, 0.15) is 24.1 Å². The maximum absolute atomic E-state index is 13.2. The lowest BCUT2D eigenvalue weighted by molar-refractivity contribution is 0.629. The summed E-state index contributed by atoms with van der Waals surface area (Å²) < 4.78 is 13.2. The van der Waals surface area contributed by atoms with Crippen molar-refractivity contribution in [3.63, 3.8) is 0 Å². The number of anilines is 1. The molecule has 1 atom stereocenters. The smallest absolute Gasteiger partial charge is 0.201 e. The van der Waals surface area contributed by atoms with E-state index in [0.29, 0.717) is 22.5 Å². The predicted molar refractivity (Wildman–Crippen MR) is 79.2 cm³/mol. The van der Waals surface area contributed by atoms with Gasteiger partial charge in [-0.3, -0.25) is 0 Å². The highest BCUT2D eigenvalue weighted by Gasteiger charge is 2.09. The summed E-state index contributed by atoms with van der Waals surface area (Å²) in [5, 5.41) is 12.0. The molecule has 3 aromatic rings. The van der Waals surface area contributed by atoms with E-state index >= 15 is 0 Å². The largest absolute Gasteiger partial charge is 0.349 e.